The Kier molecular flexibility index (Phi) is 5.28. The Bertz CT molecular complexity index is 955. The van der Waals surface area contributed by atoms with E-state index in [0.29, 0.717) is 17.3 Å². The predicted molar refractivity (Wildman–Crippen MR) is 108 cm³/mol. The number of hydrogen-bond acceptors (Lipinski definition) is 5. The summed E-state index contributed by atoms with van der Waals surface area (Å²) in [4.78, 5) is 25.5. The number of nitrogens with zero attached hydrogens (tertiary/aromatic N) is 3. The summed E-state index contributed by atoms with van der Waals surface area (Å²) in [5, 5.41) is 13.4. The lowest BCUT2D eigenvalue weighted by molar-refractivity contribution is 0.0698. The minimum absolute atomic E-state index is 0.115. The van der Waals surface area contributed by atoms with E-state index in [2.05, 4.69) is 20.3 Å². The van der Waals surface area contributed by atoms with Crippen molar-refractivity contribution < 1.29 is 9.90 Å². The number of nitrogens with one attached hydrogen (secondary N) is 1. The number of carboxylic acid groups (broad SMARTS) is 1. The highest BCUT2D eigenvalue weighted by Crippen LogP contribution is 2.31. The molecule has 0 radical (unpaired) electrons. The lowest BCUT2D eigenvalue weighted by Crippen LogP contribution is -2.25. The monoisotopic (exact) mass is 374 g/mol. The van der Waals surface area contributed by atoms with Gasteiger partial charge in [-0.2, -0.15) is 0 Å². The second-order valence-corrected chi connectivity index (χ2v) is 7.01. The topological polar surface area (TPSA) is 88.0 Å². The van der Waals surface area contributed by atoms with Crippen LogP contribution in [0.2, 0.25) is 0 Å². The first kappa shape index (κ1) is 18.1. The number of hydrogen-bond donors (Lipinski definition) is 2. The number of aromatic carboxylic acids is 1. The van der Waals surface area contributed by atoms with Crippen LogP contribution in [0.3, 0.4) is 0 Å². The van der Waals surface area contributed by atoms with E-state index in [1.165, 1.54) is 6.42 Å². The minimum Gasteiger partial charge on any atom is -0.477 e. The summed E-state index contributed by atoms with van der Waals surface area (Å²) in [5.74, 6) is -0.183. The molecule has 4 rings (SSSR count). The van der Waals surface area contributed by atoms with Crippen molar-refractivity contribution >= 4 is 11.8 Å². The highest BCUT2D eigenvalue weighted by molar-refractivity contribution is 6.00. The average Bonchev–Trinajstić information content (AvgIpc) is 2.75. The van der Waals surface area contributed by atoms with Crippen LogP contribution in [-0.4, -0.2) is 32.1 Å². The van der Waals surface area contributed by atoms with E-state index in [-0.39, 0.29) is 11.6 Å². The van der Waals surface area contributed by atoms with Crippen LogP contribution in [0.25, 0.3) is 22.6 Å². The van der Waals surface area contributed by atoms with Crippen LogP contribution in [-0.2, 0) is 0 Å². The lowest BCUT2D eigenvalue weighted by atomic mass is 9.95. The summed E-state index contributed by atoms with van der Waals surface area (Å²) in [6, 6.07) is 13.3. The molecular weight excluding hydrogens is 352 g/mol. The average molecular weight is 374 g/mol. The standard InChI is InChI=1S/C22H22N4O2/c27-22(28)18-19(15-8-3-1-4-9-15)25-20(16-10-7-13-23-14-16)26-21(18)24-17-11-5-2-6-12-17/h1,3-4,7-10,13-14,17H,2,5-6,11-12H2,(H,27,28)(H,24,25,26). The molecule has 1 saturated carbocycles. The zero-order valence-corrected chi connectivity index (χ0v) is 15.5. The Labute approximate surface area is 163 Å². The molecule has 0 aliphatic heterocycles. The van der Waals surface area contributed by atoms with Gasteiger partial charge in [0.25, 0.3) is 0 Å². The number of aromatic nitrogens is 3. The van der Waals surface area contributed by atoms with Gasteiger partial charge in [0, 0.05) is 29.6 Å². The Morgan fingerprint density at radius 3 is 2.39 bits per heavy atom. The minimum atomic E-state index is -1.03. The second-order valence-electron chi connectivity index (χ2n) is 7.01. The van der Waals surface area contributed by atoms with Gasteiger partial charge in [-0.15, -0.1) is 0 Å². The number of carboxylic acids is 1. The molecule has 142 valence electrons. The van der Waals surface area contributed by atoms with Gasteiger partial charge < -0.3 is 10.4 Å². The van der Waals surface area contributed by atoms with Crippen LogP contribution >= 0.6 is 0 Å². The van der Waals surface area contributed by atoms with Gasteiger partial charge in [-0.1, -0.05) is 49.6 Å². The summed E-state index contributed by atoms with van der Waals surface area (Å²) < 4.78 is 0. The van der Waals surface area contributed by atoms with Crippen molar-refractivity contribution in [2.75, 3.05) is 5.32 Å². The Hall–Kier alpha value is -3.28. The first-order valence-corrected chi connectivity index (χ1v) is 9.60. The summed E-state index contributed by atoms with van der Waals surface area (Å²) >= 11 is 0. The Morgan fingerprint density at radius 1 is 0.964 bits per heavy atom. The molecule has 0 bridgehead atoms. The maximum atomic E-state index is 12.2. The Balaban J connectivity index is 1.87. The van der Waals surface area contributed by atoms with Gasteiger partial charge in [0.1, 0.15) is 11.4 Å². The molecule has 1 aliphatic carbocycles. The molecule has 2 N–H and O–H groups in total. The van der Waals surface area contributed by atoms with Crippen LogP contribution in [0.1, 0.15) is 42.5 Å². The zero-order valence-electron chi connectivity index (χ0n) is 15.5. The van der Waals surface area contributed by atoms with Crippen molar-refractivity contribution in [3.8, 4) is 22.6 Å². The third kappa shape index (κ3) is 3.86. The van der Waals surface area contributed by atoms with Crippen LogP contribution in [0.15, 0.2) is 54.9 Å². The molecule has 0 saturated heterocycles. The normalized spacial score (nSPS) is 14.6. The van der Waals surface area contributed by atoms with E-state index in [0.717, 1.165) is 36.8 Å². The van der Waals surface area contributed by atoms with E-state index in [1.807, 2.05) is 42.5 Å². The maximum absolute atomic E-state index is 12.2. The molecule has 0 unspecified atom stereocenters. The largest absolute Gasteiger partial charge is 0.477 e. The summed E-state index contributed by atoms with van der Waals surface area (Å²) in [6.45, 7) is 0. The molecule has 28 heavy (non-hydrogen) atoms. The first-order chi connectivity index (χ1) is 13.7. The van der Waals surface area contributed by atoms with Crippen LogP contribution in [0.5, 0.6) is 0 Å². The first-order valence-electron chi connectivity index (χ1n) is 9.60. The summed E-state index contributed by atoms with van der Waals surface area (Å²) in [7, 11) is 0. The quantitative estimate of drug-likeness (QED) is 0.676. The van der Waals surface area contributed by atoms with Crippen molar-refractivity contribution in [1.82, 2.24) is 15.0 Å². The lowest BCUT2D eigenvalue weighted by Gasteiger charge is -2.24. The van der Waals surface area contributed by atoms with Crippen molar-refractivity contribution in [2.24, 2.45) is 0 Å². The van der Waals surface area contributed by atoms with Gasteiger partial charge in [0.15, 0.2) is 5.82 Å². The van der Waals surface area contributed by atoms with Crippen molar-refractivity contribution in [3.05, 3.63) is 60.4 Å². The maximum Gasteiger partial charge on any atom is 0.341 e. The molecule has 0 atom stereocenters. The van der Waals surface area contributed by atoms with Crippen LogP contribution < -0.4 is 5.32 Å². The van der Waals surface area contributed by atoms with Crippen LogP contribution in [0.4, 0.5) is 5.82 Å². The van der Waals surface area contributed by atoms with Crippen molar-refractivity contribution in [3.63, 3.8) is 0 Å². The molecular formula is C22H22N4O2. The molecule has 3 aromatic rings. The van der Waals surface area contributed by atoms with Gasteiger partial charge in [0.2, 0.25) is 0 Å². The number of pyridine rings is 1. The fourth-order valence-corrected chi connectivity index (χ4v) is 3.64. The number of rotatable bonds is 5. The van der Waals surface area contributed by atoms with E-state index in [4.69, 9.17) is 0 Å². The fraction of sp³-hybridized carbons (Fsp3) is 0.273. The number of carbonyl (C=O) groups is 1. The predicted octanol–water partition coefficient (Wildman–Crippen LogP) is 4.65. The molecule has 0 amide bonds. The van der Waals surface area contributed by atoms with E-state index in [1.54, 1.807) is 12.4 Å². The molecule has 1 aliphatic rings. The third-order valence-corrected chi connectivity index (χ3v) is 5.04. The van der Waals surface area contributed by atoms with Gasteiger partial charge in [-0.25, -0.2) is 14.8 Å². The van der Waals surface area contributed by atoms with E-state index >= 15 is 0 Å². The molecule has 6 nitrogen and oxygen atoms in total. The molecule has 1 aromatic carbocycles. The second kappa shape index (κ2) is 8.17. The van der Waals surface area contributed by atoms with Gasteiger partial charge >= 0.3 is 5.97 Å². The SMILES string of the molecule is O=C(O)c1c(NC2CCCCC2)nc(-c2cccnc2)nc1-c1ccccc1. The van der Waals surface area contributed by atoms with Crippen LogP contribution in [0, 0.1) is 0 Å². The van der Waals surface area contributed by atoms with Crippen molar-refractivity contribution in [1.29, 1.82) is 0 Å². The molecule has 6 heteroatoms. The molecule has 1 fully saturated rings. The summed E-state index contributed by atoms with van der Waals surface area (Å²) in [5.41, 5.74) is 2.03. The molecule has 0 spiro atoms. The molecule has 2 heterocycles. The zero-order chi connectivity index (χ0) is 19.3. The van der Waals surface area contributed by atoms with Gasteiger partial charge in [-0.05, 0) is 25.0 Å². The van der Waals surface area contributed by atoms with E-state index < -0.39 is 5.97 Å². The highest BCUT2D eigenvalue weighted by Gasteiger charge is 2.24. The highest BCUT2D eigenvalue weighted by atomic mass is 16.4. The summed E-state index contributed by atoms with van der Waals surface area (Å²) in [6.07, 6.45) is 8.93. The van der Waals surface area contributed by atoms with E-state index in [9.17, 15) is 9.90 Å². The third-order valence-electron chi connectivity index (χ3n) is 5.04. The molecule has 2 aromatic heterocycles. The fourth-order valence-electron chi connectivity index (χ4n) is 3.64. The smallest absolute Gasteiger partial charge is 0.341 e. The van der Waals surface area contributed by atoms with Gasteiger partial charge in [0.05, 0.1) is 5.69 Å². The number of benzene rings is 1. The van der Waals surface area contributed by atoms with Crippen molar-refractivity contribution in [2.45, 2.75) is 38.1 Å². The van der Waals surface area contributed by atoms with Gasteiger partial charge in [-0.3, -0.25) is 4.98 Å². The Morgan fingerprint density at radius 2 is 1.71 bits per heavy atom. The number of anilines is 1.